The third kappa shape index (κ3) is 2.73. The van der Waals surface area contributed by atoms with Gasteiger partial charge in [0.25, 0.3) is 0 Å². The molecule has 1 heterocycles. The number of aromatic amines is 1. The van der Waals surface area contributed by atoms with Crippen LogP contribution in [0.2, 0.25) is 5.02 Å². The van der Waals surface area contributed by atoms with Crippen LogP contribution >= 0.6 is 23.8 Å². The first-order chi connectivity index (χ1) is 8.08. The van der Waals surface area contributed by atoms with Crippen LogP contribution in [0.5, 0.6) is 0 Å². The summed E-state index contributed by atoms with van der Waals surface area (Å²) < 4.78 is 0.652. The Labute approximate surface area is 111 Å². The molecule has 0 aliphatic rings. The van der Waals surface area contributed by atoms with Gasteiger partial charge in [0.15, 0.2) is 0 Å². The Morgan fingerprint density at radius 2 is 2.00 bits per heavy atom. The molecule has 0 saturated heterocycles. The first-order valence-corrected chi connectivity index (χ1v) is 6.16. The fourth-order valence-electron chi connectivity index (χ4n) is 1.80. The van der Waals surface area contributed by atoms with E-state index in [-0.39, 0.29) is 0 Å². The zero-order valence-electron chi connectivity index (χ0n) is 9.75. The van der Waals surface area contributed by atoms with Gasteiger partial charge in [-0.25, -0.2) is 4.98 Å². The molecule has 2 nitrogen and oxygen atoms in total. The Hall–Kier alpha value is -1.19. The van der Waals surface area contributed by atoms with Gasteiger partial charge in [-0.1, -0.05) is 42.0 Å². The first kappa shape index (κ1) is 12.3. The maximum absolute atomic E-state index is 6.15. The normalized spacial score (nSPS) is 10.5. The van der Waals surface area contributed by atoms with E-state index in [0.29, 0.717) is 11.1 Å². The molecule has 88 valence electrons. The first-order valence-electron chi connectivity index (χ1n) is 5.37. The standard InChI is InChI=1S/C13H13ClN2S/c1-8-11(13(17)16-9(2)15-8)7-10-5-3-4-6-12(10)14/h3-6H,7H2,1-2H3,(H,15,16,17). The summed E-state index contributed by atoms with van der Waals surface area (Å²) in [5, 5.41) is 0.766. The molecular formula is C13H13ClN2S. The summed E-state index contributed by atoms with van der Waals surface area (Å²) in [6.07, 6.45) is 0.716. The van der Waals surface area contributed by atoms with Crippen LogP contribution in [0, 0.1) is 18.5 Å². The number of hydrogen-bond acceptors (Lipinski definition) is 2. The SMILES string of the molecule is Cc1nc(=S)c(Cc2ccccc2Cl)c(C)[nH]1. The second-order valence-corrected chi connectivity index (χ2v) is 4.79. The maximum Gasteiger partial charge on any atom is 0.133 e. The lowest BCUT2D eigenvalue weighted by Gasteiger charge is -2.08. The molecule has 0 spiro atoms. The fourth-order valence-corrected chi connectivity index (χ4v) is 2.36. The molecule has 0 radical (unpaired) electrons. The Balaban J connectivity index is 2.44. The third-order valence-electron chi connectivity index (χ3n) is 2.67. The van der Waals surface area contributed by atoms with Gasteiger partial charge in [-0.15, -0.1) is 0 Å². The van der Waals surface area contributed by atoms with E-state index in [1.54, 1.807) is 0 Å². The number of aromatic nitrogens is 2. The van der Waals surface area contributed by atoms with Gasteiger partial charge in [-0.05, 0) is 25.5 Å². The Bertz CT molecular complexity index is 605. The molecule has 0 bridgehead atoms. The van der Waals surface area contributed by atoms with Crippen molar-refractivity contribution in [3.05, 3.63) is 56.6 Å². The average molecular weight is 265 g/mol. The van der Waals surface area contributed by atoms with E-state index in [2.05, 4.69) is 9.97 Å². The molecule has 0 amide bonds. The number of hydrogen-bond donors (Lipinski definition) is 1. The van der Waals surface area contributed by atoms with E-state index in [1.165, 1.54) is 0 Å². The monoisotopic (exact) mass is 264 g/mol. The zero-order chi connectivity index (χ0) is 12.4. The predicted molar refractivity (Wildman–Crippen MR) is 73.2 cm³/mol. The minimum absolute atomic E-state index is 0.652. The fraction of sp³-hybridized carbons (Fsp3) is 0.231. The van der Waals surface area contributed by atoms with Crippen molar-refractivity contribution < 1.29 is 0 Å². The quantitative estimate of drug-likeness (QED) is 0.831. The van der Waals surface area contributed by atoms with E-state index in [1.807, 2.05) is 38.1 Å². The maximum atomic E-state index is 6.15. The van der Waals surface area contributed by atoms with Crippen LogP contribution in [-0.4, -0.2) is 9.97 Å². The van der Waals surface area contributed by atoms with Gasteiger partial charge < -0.3 is 4.98 Å². The minimum atomic E-state index is 0.652. The molecule has 1 N–H and O–H groups in total. The van der Waals surface area contributed by atoms with Crippen molar-refractivity contribution in [2.75, 3.05) is 0 Å². The van der Waals surface area contributed by atoms with Gasteiger partial charge in [-0.3, -0.25) is 0 Å². The molecule has 2 rings (SSSR count). The molecule has 1 aromatic heterocycles. The smallest absolute Gasteiger partial charge is 0.133 e. The summed E-state index contributed by atoms with van der Waals surface area (Å²) in [7, 11) is 0. The second-order valence-electron chi connectivity index (χ2n) is 4.00. The van der Waals surface area contributed by atoms with Gasteiger partial charge in [-0.2, -0.15) is 0 Å². The largest absolute Gasteiger partial charge is 0.347 e. The van der Waals surface area contributed by atoms with Crippen LogP contribution < -0.4 is 0 Å². The molecule has 2 aromatic rings. The highest BCUT2D eigenvalue weighted by molar-refractivity contribution is 7.71. The molecule has 4 heteroatoms. The van der Waals surface area contributed by atoms with E-state index in [0.717, 1.165) is 27.7 Å². The Kier molecular flexibility index (Phi) is 3.60. The summed E-state index contributed by atoms with van der Waals surface area (Å²) in [5.41, 5.74) is 3.17. The van der Waals surface area contributed by atoms with Crippen molar-refractivity contribution in [3.8, 4) is 0 Å². The van der Waals surface area contributed by atoms with Crippen molar-refractivity contribution in [1.29, 1.82) is 0 Å². The number of H-pyrrole nitrogens is 1. The van der Waals surface area contributed by atoms with Crippen LogP contribution in [0.3, 0.4) is 0 Å². The van der Waals surface area contributed by atoms with Gasteiger partial charge >= 0.3 is 0 Å². The number of nitrogens with zero attached hydrogens (tertiary/aromatic N) is 1. The average Bonchev–Trinajstić information content (AvgIpc) is 2.25. The zero-order valence-corrected chi connectivity index (χ0v) is 11.3. The highest BCUT2D eigenvalue weighted by Crippen LogP contribution is 2.20. The Morgan fingerprint density at radius 1 is 1.29 bits per heavy atom. The Morgan fingerprint density at radius 3 is 2.65 bits per heavy atom. The number of benzene rings is 1. The number of halogens is 1. The van der Waals surface area contributed by atoms with Crippen molar-refractivity contribution in [2.24, 2.45) is 0 Å². The number of rotatable bonds is 2. The van der Waals surface area contributed by atoms with Crippen LogP contribution in [0.1, 0.15) is 22.6 Å². The van der Waals surface area contributed by atoms with Crippen LogP contribution in [0.15, 0.2) is 24.3 Å². The van der Waals surface area contributed by atoms with Gasteiger partial charge in [0.2, 0.25) is 0 Å². The second kappa shape index (κ2) is 4.98. The molecule has 0 aliphatic carbocycles. The molecule has 0 unspecified atom stereocenters. The van der Waals surface area contributed by atoms with Crippen LogP contribution in [0.4, 0.5) is 0 Å². The predicted octanol–water partition coefficient (Wildman–Crippen LogP) is 4.00. The molecular weight excluding hydrogens is 252 g/mol. The lowest BCUT2D eigenvalue weighted by atomic mass is 10.1. The molecule has 1 aromatic carbocycles. The number of nitrogens with one attached hydrogen (secondary N) is 1. The van der Waals surface area contributed by atoms with Gasteiger partial charge in [0, 0.05) is 22.7 Å². The van der Waals surface area contributed by atoms with Crippen LogP contribution in [-0.2, 0) is 6.42 Å². The van der Waals surface area contributed by atoms with Crippen molar-refractivity contribution >= 4 is 23.8 Å². The van der Waals surface area contributed by atoms with Gasteiger partial charge in [0.05, 0.1) is 0 Å². The summed E-state index contributed by atoms with van der Waals surface area (Å²) in [5.74, 6) is 0.843. The third-order valence-corrected chi connectivity index (χ3v) is 3.38. The highest BCUT2D eigenvalue weighted by atomic mass is 35.5. The van der Waals surface area contributed by atoms with Crippen molar-refractivity contribution in [2.45, 2.75) is 20.3 Å². The highest BCUT2D eigenvalue weighted by Gasteiger charge is 2.07. The van der Waals surface area contributed by atoms with Gasteiger partial charge in [0.1, 0.15) is 10.5 Å². The van der Waals surface area contributed by atoms with Crippen LogP contribution in [0.25, 0.3) is 0 Å². The molecule has 0 atom stereocenters. The van der Waals surface area contributed by atoms with E-state index >= 15 is 0 Å². The number of aryl methyl sites for hydroxylation is 2. The summed E-state index contributed by atoms with van der Waals surface area (Å²) >= 11 is 11.4. The topological polar surface area (TPSA) is 28.7 Å². The summed E-state index contributed by atoms with van der Waals surface area (Å²) in [6, 6.07) is 7.80. The molecule has 17 heavy (non-hydrogen) atoms. The minimum Gasteiger partial charge on any atom is -0.347 e. The van der Waals surface area contributed by atoms with E-state index in [4.69, 9.17) is 23.8 Å². The molecule has 0 saturated carbocycles. The van der Waals surface area contributed by atoms with Crippen molar-refractivity contribution in [1.82, 2.24) is 9.97 Å². The summed E-state index contributed by atoms with van der Waals surface area (Å²) in [6.45, 7) is 3.92. The summed E-state index contributed by atoms with van der Waals surface area (Å²) in [4.78, 5) is 7.47. The molecule has 0 aliphatic heterocycles. The lowest BCUT2D eigenvalue weighted by Crippen LogP contribution is -2.01. The van der Waals surface area contributed by atoms with Crippen molar-refractivity contribution in [3.63, 3.8) is 0 Å². The molecule has 0 fully saturated rings. The van der Waals surface area contributed by atoms with E-state index < -0.39 is 0 Å². The van der Waals surface area contributed by atoms with E-state index in [9.17, 15) is 0 Å². The lowest BCUT2D eigenvalue weighted by molar-refractivity contribution is 0.948.